The van der Waals surface area contributed by atoms with E-state index in [1.165, 1.54) is 11.1 Å². The third-order valence-corrected chi connectivity index (χ3v) is 4.66. The van der Waals surface area contributed by atoms with E-state index in [0.717, 1.165) is 24.0 Å². The Morgan fingerprint density at radius 2 is 1.92 bits per heavy atom. The molecule has 1 aliphatic carbocycles. The van der Waals surface area contributed by atoms with Crippen LogP contribution in [0.5, 0.6) is 0 Å². The summed E-state index contributed by atoms with van der Waals surface area (Å²) in [6, 6.07) is 14.6. The molecule has 4 rings (SSSR count). The van der Waals surface area contributed by atoms with Crippen molar-refractivity contribution in [2.24, 2.45) is 0 Å². The van der Waals surface area contributed by atoms with Gasteiger partial charge < -0.3 is 9.88 Å². The zero-order chi connectivity index (χ0) is 17.2. The Balaban J connectivity index is 1.71. The SMILES string of the molecule is Cc1ccccc1Cn1cc(-c2ccncc2)cc1C(=O)NC1CC1. The molecule has 4 heteroatoms. The molecule has 1 N–H and O–H groups in total. The minimum Gasteiger partial charge on any atom is -0.348 e. The van der Waals surface area contributed by atoms with Gasteiger partial charge in [-0.25, -0.2) is 0 Å². The van der Waals surface area contributed by atoms with Gasteiger partial charge in [-0.3, -0.25) is 9.78 Å². The number of amides is 1. The second kappa shape index (κ2) is 6.55. The van der Waals surface area contributed by atoms with Crippen LogP contribution < -0.4 is 5.32 Å². The maximum Gasteiger partial charge on any atom is 0.268 e. The van der Waals surface area contributed by atoms with Gasteiger partial charge in [0.15, 0.2) is 0 Å². The molecule has 1 aliphatic rings. The van der Waals surface area contributed by atoms with E-state index in [1.807, 2.05) is 30.3 Å². The van der Waals surface area contributed by atoms with Crippen LogP contribution in [-0.4, -0.2) is 21.5 Å². The standard InChI is InChI=1S/C21H21N3O/c1-15-4-2-3-5-17(15)13-24-14-18(16-8-10-22-11-9-16)12-20(24)21(25)23-19-6-7-19/h2-5,8-12,14,19H,6-7,13H2,1H3,(H,23,25). The molecular weight excluding hydrogens is 310 g/mol. The summed E-state index contributed by atoms with van der Waals surface area (Å²) in [6.45, 7) is 2.79. The van der Waals surface area contributed by atoms with Crippen LogP contribution in [0.3, 0.4) is 0 Å². The van der Waals surface area contributed by atoms with Crippen molar-refractivity contribution in [3.63, 3.8) is 0 Å². The fourth-order valence-corrected chi connectivity index (χ4v) is 2.99. The molecule has 1 amide bonds. The monoisotopic (exact) mass is 331 g/mol. The first-order valence-electron chi connectivity index (χ1n) is 8.66. The Morgan fingerprint density at radius 3 is 2.64 bits per heavy atom. The highest BCUT2D eigenvalue weighted by molar-refractivity contribution is 5.94. The molecule has 3 aromatic rings. The van der Waals surface area contributed by atoms with Crippen molar-refractivity contribution in [2.75, 3.05) is 0 Å². The molecule has 0 aliphatic heterocycles. The summed E-state index contributed by atoms with van der Waals surface area (Å²) in [5.74, 6) is 0.0105. The first kappa shape index (κ1) is 15.6. The minimum atomic E-state index is 0.0105. The van der Waals surface area contributed by atoms with E-state index < -0.39 is 0 Å². The van der Waals surface area contributed by atoms with Crippen LogP contribution in [0, 0.1) is 6.92 Å². The van der Waals surface area contributed by atoms with Crippen molar-refractivity contribution < 1.29 is 4.79 Å². The lowest BCUT2D eigenvalue weighted by atomic mass is 10.1. The molecule has 2 aromatic heterocycles. The van der Waals surface area contributed by atoms with E-state index >= 15 is 0 Å². The smallest absolute Gasteiger partial charge is 0.268 e. The van der Waals surface area contributed by atoms with E-state index in [9.17, 15) is 4.79 Å². The predicted molar refractivity (Wildman–Crippen MR) is 98.4 cm³/mol. The Morgan fingerprint density at radius 1 is 1.16 bits per heavy atom. The Hall–Kier alpha value is -2.88. The summed E-state index contributed by atoms with van der Waals surface area (Å²) in [5.41, 5.74) is 5.27. The lowest BCUT2D eigenvalue weighted by molar-refractivity contribution is 0.0942. The second-order valence-corrected chi connectivity index (χ2v) is 6.65. The molecular formula is C21H21N3O. The van der Waals surface area contributed by atoms with Crippen molar-refractivity contribution in [1.82, 2.24) is 14.9 Å². The highest BCUT2D eigenvalue weighted by Gasteiger charge is 2.25. The van der Waals surface area contributed by atoms with Gasteiger partial charge in [0.05, 0.1) is 0 Å². The van der Waals surface area contributed by atoms with Crippen LogP contribution in [0.25, 0.3) is 11.1 Å². The Labute approximate surface area is 147 Å². The number of benzene rings is 1. The summed E-state index contributed by atoms with van der Waals surface area (Å²) >= 11 is 0. The molecule has 1 saturated carbocycles. The Bertz CT molecular complexity index is 895. The number of nitrogens with zero attached hydrogens (tertiary/aromatic N) is 2. The molecule has 126 valence electrons. The van der Waals surface area contributed by atoms with E-state index in [-0.39, 0.29) is 5.91 Å². The Kier molecular flexibility index (Phi) is 4.10. The largest absolute Gasteiger partial charge is 0.348 e. The molecule has 0 bridgehead atoms. The van der Waals surface area contributed by atoms with Crippen LogP contribution >= 0.6 is 0 Å². The summed E-state index contributed by atoms with van der Waals surface area (Å²) in [4.78, 5) is 16.8. The van der Waals surface area contributed by atoms with Gasteiger partial charge in [0.2, 0.25) is 0 Å². The first-order valence-corrected chi connectivity index (χ1v) is 8.66. The van der Waals surface area contributed by atoms with Crippen LogP contribution in [0.2, 0.25) is 0 Å². The van der Waals surface area contributed by atoms with Gasteiger partial charge in [0.25, 0.3) is 5.91 Å². The zero-order valence-electron chi connectivity index (χ0n) is 14.3. The lowest BCUT2D eigenvalue weighted by Crippen LogP contribution is -2.27. The third kappa shape index (κ3) is 3.48. The van der Waals surface area contributed by atoms with Gasteiger partial charge in [-0.1, -0.05) is 24.3 Å². The fourth-order valence-electron chi connectivity index (χ4n) is 2.99. The number of hydrogen-bond donors (Lipinski definition) is 1. The number of carbonyl (C=O) groups excluding carboxylic acids is 1. The minimum absolute atomic E-state index is 0.0105. The van der Waals surface area contributed by atoms with Gasteiger partial charge in [-0.2, -0.15) is 0 Å². The second-order valence-electron chi connectivity index (χ2n) is 6.65. The molecule has 0 atom stereocenters. The van der Waals surface area contributed by atoms with Crippen LogP contribution in [0.4, 0.5) is 0 Å². The van der Waals surface area contributed by atoms with Gasteiger partial charge in [0, 0.05) is 36.7 Å². The highest BCUT2D eigenvalue weighted by Crippen LogP contribution is 2.25. The van der Waals surface area contributed by atoms with Crippen molar-refractivity contribution in [2.45, 2.75) is 32.4 Å². The molecule has 1 fully saturated rings. The van der Waals surface area contributed by atoms with Crippen molar-refractivity contribution >= 4 is 5.91 Å². The van der Waals surface area contributed by atoms with Crippen molar-refractivity contribution in [3.8, 4) is 11.1 Å². The average Bonchev–Trinajstić information content (AvgIpc) is 3.34. The molecule has 0 spiro atoms. The summed E-state index contributed by atoms with van der Waals surface area (Å²) in [7, 11) is 0. The topological polar surface area (TPSA) is 46.9 Å². The number of aromatic nitrogens is 2. The molecule has 0 unspecified atom stereocenters. The van der Waals surface area contributed by atoms with Crippen molar-refractivity contribution in [1.29, 1.82) is 0 Å². The summed E-state index contributed by atoms with van der Waals surface area (Å²) in [5, 5.41) is 3.10. The van der Waals surface area contributed by atoms with Crippen LogP contribution in [0.1, 0.15) is 34.5 Å². The van der Waals surface area contributed by atoms with E-state index in [2.05, 4.69) is 40.1 Å². The number of nitrogens with one attached hydrogen (secondary N) is 1. The number of aryl methyl sites for hydroxylation is 1. The van der Waals surface area contributed by atoms with Gasteiger partial charge in [-0.05, 0) is 54.7 Å². The zero-order valence-corrected chi connectivity index (χ0v) is 14.3. The number of pyridine rings is 1. The molecule has 0 radical (unpaired) electrons. The highest BCUT2D eigenvalue weighted by atomic mass is 16.2. The quantitative estimate of drug-likeness (QED) is 0.773. The molecule has 25 heavy (non-hydrogen) atoms. The van der Waals surface area contributed by atoms with E-state index in [1.54, 1.807) is 12.4 Å². The number of carbonyl (C=O) groups is 1. The molecule has 1 aromatic carbocycles. The van der Waals surface area contributed by atoms with Gasteiger partial charge >= 0.3 is 0 Å². The normalized spacial score (nSPS) is 13.6. The van der Waals surface area contributed by atoms with Crippen LogP contribution in [0.15, 0.2) is 61.1 Å². The third-order valence-electron chi connectivity index (χ3n) is 4.66. The van der Waals surface area contributed by atoms with E-state index in [0.29, 0.717) is 18.3 Å². The first-order chi connectivity index (χ1) is 12.2. The summed E-state index contributed by atoms with van der Waals surface area (Å²) < 4.78 is 2.05. The molecule has 2 heterocycles. The lowest BCUT2D eigenvalue weighted by Gasteiger charge is -2.11. The molecule has 4 nitrogen and oxygen atoms in total. The fraction of sp³-hybridized carbons (Fsp3) is 0.238. The number of rotatable bonds is 5. The van der Waals surface area contributed by atoms with E-state index in [4.69, 9.17) is 0 Å². The van der Waals surface area contributed by atoms with Crippen molar-refractivity contribution in [3.05, 3.63) is 77.9 Å². The van der Waals surface area contributed by atoms with Gasteiger partial charge in [-0.15, -0.1) is 0 Å². The predicted octanol–water partition coefficient (Wildman–Crippen LogP) is 3.80. The maximum absolute atomic E-state index is 12.7. The van der Waals surface area contributed by atoms with Crippen LogP contribution in [-0.2, 0) is 6.54 Å². The summed E-state index contributed by atoms with van der Waals surface area (Å²) in [6.07, 6.45) is 7.78. The molecule has 0 saturated heterocycles. The average molecular weight is 331 g/mol. The number of hydrogen-bond acceptors (Lipinski definition) is 2. The maximum atomic E-state index is 12.7. The van der Waals surface area contributed by atoms with Gasteiger partial charge in [0.1, 0.15) is 5.69 Å².